The van der Waals surface area contributed by atoms with Gasteiger partial charge in [0.15, 0.2) is 11.5 Å². The Labute approximate surface area is 263 Å². The number of carbonyl (C=O) groups is 2. The lowest BCUT2D eigenvalue weighted by Gasteiger charge is -2.27. The predicted molar refractivity (Wildman–Crippen MR) is 170 cm³/mol. The Morgan fingerprint density at radius 2 is 1.67 bits per heavy atom. The highest BCUT2D eigenvalue weighted by molar-refractivity contribution is 5.94. The number of ether oxygens (including phenoxy) is 4. The van der Waals surface area contributed by atoms with E-state index in [4.69, 9.17) is 18.9 Å². The molecule has 0 aliphatic carbocycles. The lowest BCUT2D eigenvalue weighted by atomic mass is 9.98. The van der Waals surface area contributed by atoms with Crippen LogP contribution in [0.5, 0.6) is 23.0 Å². The largest absolute Gasteiger partial charge is 0.493 e. The zero-order valence-electron chi connectivity index (χ0n) is 26.1. The van der Waals surface area contributed by atoms with Crippen molar-refractivity contribution in [1.82, 2.24) is 19.8 Å². The first-order valence-electron chi connectivity index (χ1n) is 14.8. The van der Waals surface area contributed by atoms with Crippen molar-refractivity contribution in [2.24, 2.45) is 0 Å². The maximum absolute atomic E-state index is 13.6. The van der Waals surface area contributed by atoms with Crippen LogP contribution in [-0.4, -0.2) is 86.2 Å². The first-order chi connectivity index (χ1) is 21.9. The zero-order valence-corrected chi connectivity index (χ0v) is 26.1. The first-order valence-corrected chi connectivity index (χ1v) is 14.8. The van der Waals surface area contributed by atoms with E-state index in [-0.39, 0.29) is 18.2 Å². The smallest absolute Gasteiger partial charge is 0.253 e. The van der Waals surface area contributed by atoms with Gasteiger partial charge in [-0.1, -0.05) is 24.3 Å². The number of hydrogen-bond donors (Lipinski definition) is 0. The van der Waals surface area contributed by atoms with E-state index in [0.717, 1.165) is 33.6 Å². The van der Waals surface area contributed by atoms with Crippen LogP contribution >= 0.6 is 0 Å². The van der Waals surface area contributed by atoms with Crippen LogP contribution < -0.4 is 18.9 Å². The maximum Gasteiger partial charge on any atom is 0.253 e. The number of amides is 2. The number of aromatic nitrogens is 2. The van der Waals surface area contributed by atoms with E-state index >= 15 is 0 Å². The summed E-state index contributed by atoms with van der Waals surface area (Å²) in [6.07, 6.45) is 6.30. The third-order valence-electron chi connectivity index (χ3n) is 7.94. The average Bonchev–Trinajstić information content (AvgIpc) is 3.08. The van der Waals surface area contributed by atoms with Crippen LogP contribution in [-0.2, 0) is 17.6 Å². The summed E-state index contributed by atoms with van der Waals surface area (Å²) in [4.78, 5) is 38.7. The van der Waals surface area contributed by atoms with Crippen molar-refractivity contribution in [3.63, 3.8) is 0 Å². The summed E-state index contributed by atoms with van der Waals surface area (Å²) in [5.74, 6) is 2.16. The monoisotopic (exact) mass is 610 g/mol. The van der Waals surface area contributed by atoms with Gasteiger partial charge in [-0.05, 0) is 59.0 Å². The van der Waals surface area contributed by atoms with Crippen molar-refractivity contribution in [1.29, 1.82) is 0 Å². The van der Waals surface area contributed by atoms with E-state index in [1.807, 2.05) is 42.5 Å². The SMILES string of the molecule is COc1ccc(CCC(=O)N2CCOc3ccc(-c4cncnc4)cc3Cc3cccc(c3)C(=O)N(C)CC2)c(OC)c1OC. The second kappa shape index (κ2) is 14.6. The van der Waals surface area contributed by atoms with Crippen molar-refractivity contribution in [3.8, 4) is 34.1 Å². The van der Waals surface area contributed by atoms with Crippen molar-refractivity contribution < 1.29 is 28.5 Å². The summed E-state index contributed by atoms with van der Waals surface area (Å²) < 4.78 is 22.8. The van der Waals surface area contributed by atoms with Crippen LogP contribution in [0.25, 0.3) is 11.1 Å². The molecule has 10 heteroatoms. The number of fused-ring (bicyclic) bond motifs is 3. The van der Waals surface area contributed by atoms with Crippen LogP contribution in [0, 0.1) is 0 Å². The van der Waals surface area contributed by atoms with Crippen LogP contribution in [0.1, 0.15) is 33.5 Å². The molecule has 10 nitrogen and oxygen atoms in total. The van der Waals surface area contributed by atoms with Gasteiger partial charge in [-0.25, -0.2) is 9.97 Å². The average molecular weight is 611 g/mol. The van der Waals surface area contributed by atoms with Crippen molar-refractivity contribution in [2.75, 3.05) is 54.6 Å². The van der Waals surface area contributed by atoms with E-state index in [0.29, 0.717) is 61.9 Å². The molecule has 0 fully saturated rings. The predicted octanol–water partition coefficient (Wildman–Crippen LogP) is 4.69. The summed E-state index contributed by atoms with van der Waals surface area (Å²) in [5, 5.41) is 0. The molecule has 0 spiro atoms. The minimum atomic E-state index is -0.0944. The molecule has 2 heterocycles. The molecule has 2 amide bonds. The Morgan fingerprint density at radius 1 is 0.867 bits per heavy atom. The van der Waals surface area contributed by atoms with Gasteiger partial charge in [0, 0.05) is 56.5 Å². The van der Waals surface area contributed by atoms with E-state index in [9.17, 15) is 9.59 Å². The highest BCUT2D eigenvalue weighted by Crippen LogP contribution is 2.40. The quantitative estimate of drug-likeness (QED) is 0.297. The number of nitrogens with zero attached hydrogens (tertiary/aromatic N) is 4. The van der Waals surface area contributed by atoms with Gasteiger partial charge in [0.1, 0.15) is 18.7 Å². The fourth-order valence-corrected chi connectivity index (χ4v) is 5.50. The Balaban J connectivity index is 1.39. The molecule has 4 aromatic rings. The molecule has 1 aliphatic heterocycles. The van der Waals surface area contributed by atoms with Gasteiger partial charge in [0.2, 0.25) is 11.7 Å². The second-order valence-corrected chi connectivity index (χ2v) is 10.8. The van der Waals surface area contributed by atoms with Crippen LogP contribution in [0.2, 0.25) is 0 Å². The topological polar surface area (TPSA) is 103 Å². The first kappa shape index (κ1) is 31.3. The molecule has 0 unspecified atom stereocenters. The van der Waals surface area contributed by atoms with Crippen LogP contribution in [0.15, 0.2) is 73.3 Å². The second-order valence-electron chi connectivity index (χ2n) is 10.8. The number of benzene rings is 3. The fourth-order valence-electron chi connectivity index (χ4n) is 5.50. The van der Waals surface area contributed by atoms with Gasteiger partial charge in [0.25, 0.3) is 5.91 Å². The molecular formula is C35H38N4O6. The number of methoxy groups -OCH3 is 3. The van der Waals surface area contributed by atoms with Gasteiger partial charge in [0.05, 0.1) is 27.9 Å². The number of carbonyl (C=O) groups excluding carboxylic acids is 2. The highest BCUT2D eigenvalue weighted by atomic mass is 16.5. The normalized spacial score (nSPS) is 13.7. The summed E-state index contributed by atoms with van der Waals surface area (Å²) in [6, 6.07) is 17.3. The third-order valence-corrected chi connectivity index (χ3v) is 7.94. The molecule has 1 aromatic heterocycles. The molecule has 5 rings (SSSR count). The van der Waals surface area contributed by atoms with Crippen molar-refractivity contribution in [2.45, 2.75) is 19.3 Å². The highest BCUT2D eigenvalue weighted by Gasteiger charge is 2.21. The Bertz CT molecular complexity index is 1640. The lowest BCUT2D eigenvalue weighted by Crippen LogP contribution is -2.41. The Hall–Kier alpha value is -5.12. The molecule has 0 atom stereocenters. The van der Waals surface area contributed by atoms with E-state index < -0.39 is 0 Å². The van der Waals surface area contributed by atoms with Crippen molar-refractivity contribution >= 4 is 11.8 Å². The zero-order chi connectivity index (χ0) is 31.8. The summed E-state index contributed by atoms with van der Waals surface area (Å²) in [7, 11) is 6.45. The number of likely N-dealkylation sites (N-methyl/N-ethyl adjacent to an activating group) is 1. The van der Waals surface area contributed by atoms with Gasteiger partial charge < -0.3 is 28.7 Å². The summed E-state index contributed by atoms with van der Waals surface area (Å²) in [6.45, 7) is 1.41. The van der Waals surface area contributed by atoms with Gasteiger partial charge >= 0.3 is 0 Å². The van der Waals surface area contributed by atoms with Crippen molar-refractivity contribution in [3.05, 3.63) is 95.6 Å². The molecule has 45 heavy (non-hydrogen) atoms. The summed E-state index contributed by atoms with van der Waals surface area (Å²) >= 11 is 0. The number of hydrogen-bond acceptors (Lipinski definition) is 8. The molecule has 0 N–H and O–H groups in total. The fraction of sp³-hybridized carbons (Fsp3) is 0.314. The molecule has 234 valence electrons. The molecule has 1 aliphatic rings. The number of rotatable bonds is 7. The third kappa shape index (κ3) is 7.34. The molecule has 0 saturated heterocycles. The van der Waals surface area contributed by atoms with Gasteiger partial charge in [-0.2, -0.15) is 0 Å². The summed E-state index contributed by atoms with van der Waals surface area (Å²) in [5.41, 5.74) is 5.26. The van der Waals surface area contributed by atoms with Gasteiger partial charge in [-0.3, -0.25) is 9.59 Å². The molecule has 3 aromatic carbocycles. The number of aryl methyl sites for hydroxylation is 1. The Morgan fingerprint density at radius 3 is 2.42 bits per heavy atom. The molecule has 0 saturated carbocycles. The van der Waals surface area contributed by atoms with Crippen LogP contribution in [0.3, 0.4) is 0 Å². The van der Waals surface area contributed by atoms with E-state index in [1.54, 1.807) is 56.6 Å². The minimum Gasteiger partial charge on any atom is -0.493 e. The van der Waals surface area contributed by atoms with Crippen LogP contribution in [0.4, 0.5) is 0 Å². The molecule has 2 bridgehead atoms. The van der Waals surface area contributed by atoms with Gasteiger partial charge in [-0.15, -0.1) is 0 Å². The lowest BCUT2D eigenvalue weighted by molar-refractivity contribution is -0.131. The minimum absolute atomic E-state index is 0.0509. The maximum atomic E-state index is 13.6. The Kier molecular flexibility index (Phi) is 10.1. The molecule has 0 radical (unpaired) electrons. The molecular weight excluding hydrogens is 572 g/mol. The van der Waals surface area contributed by atoms with E-state index in [2.05, 4.69) is 16.0 Å². The standard InChI is InChI=1S/C35H38N4O6/c1-38-14-15-39(32(40)13-10-25-8-12-31(42-2)34(44-4)33(25)43-3)16-17-45-30-11-9-26(29-21-36-23-37-22-29)20-28(30)19-24-6-5-7-27(18-24)35(38)41/h5-9,11-12,18,20-23H,10,13-17,19H2,1-4H3. The van der Waals surface area contributed by atoms with E-state index in [1.165, 1.54) is 6.33 Å².